The first-order valence-electron chi connectivity index (χ1n) is 10.7. The van der Waals surface area contributed by atoms with Crippen LogP contribution in [0.1, 0.15) is 0 Å². The van der Waals surface area contributed by atoms with Crippen molar-refractivity contribution >= 4 is 0 Å². The fraction of sp³-hybridized carbons (Fsp3) is 1.00. The molecule has 0 aliphatic carbocycles. The van der Waals surface area contributed by atoms with E-state index < -0.39 is 112 Å². The quantitative estimate of drug-likeness (QED) is 0.154. The molecule has 13 N–H and O–H groups in total. The van der Waals surface area contributed by atoms with Gasteiger partial charge in [0.05, 0.1) is 31.9 Å². The summed E-state index contributed by atoms with van der Waals surface area (Å²) in [6.45, 7) is -2.11. The minimum Gasteiger partial charge on any atom is -0.394 e. The van der Waals surface area contributed by atoms with Gasteiger partial charge in [-0.2, -0.15) is 0 Å². The Hall–Kier alpha value is -0.640. The van der Waals surface area contributed by atoms with Gasteiger partial charge >= 0.3 is 0 Å². The summed E-state index contributed by atoms with van der Waals surface area (Å²) in [5, 5.41) is 89.5. The molecule has 200 valence electrons. The zero-order valence-electron chi connectivity index (χ0n) is 18.0. The van der Waals surface area contributed by atoms with E-state index >= 15 is 0 Å². The van der Waals surface area contributed by atoms with Crippen molar-refractivity contribution in [2.45, 2.75) is 92.0 Å². The van der Waals surface area contributed by atoms with Crippen LogP contribution in [0.25, 0.3) is 0 Å². The van der Waals surface area contributed by atoms with Crippen LogP contribution >= 0.6 is 0 Å². The molecule has 16 heteroatoms. The van der Waals surface area contributed by atoms with Crippen molar-refractivity contribution in [3.63, 3.8) is 0 Å². The second kappa shape index (κ2) is 11.6. The lowest BCUT2D eigenvalue weighted by molar-refractivity contribution is -0.359. The van der Waals surface area contributed by atoms with Crippen LogP contribution in [0, 0.1) is 0 Å². The van der Waals surface area contributed by atoms with E-state index in [2.05, 4.69) is 0 Å². The number of hydrogen-bond donors (Lipinski definition) is 11. The molecule has 3 fully saturated rings. The molecule has 0 bridgehead atoms. The minimum atomic E-state index is -1.78. The van der Waals surface area contributed by atoms with E-state index in [4.69, 9.17) is 35.2 Å². The van der Waals surface area contributed by atoms with E-state index in [0.29, 0.717) is 0 Å². The first-order chi connectivity index (χ1) is 16.0. The van der Waals surface area contributed by atoms with Crippen molar-refractivity contribution in [1.29, 1.82) is 0 Å². The largest absolute Gasteiger partial charge is 0.394 e. The molecule has 16 nitrogen and oxygen atoms in total. The molecular weight excluding hydrogens is 468 g/mol. The third-order valence-corrected chi connectivity index (χ3v) is 6.25. The molecule has 0 amide bonds. The Bertz CT molecular complexity index is 644. The van der Waals surface area contributed by atoms with Gasteiger partial charge in [-0.05, 0) is 0 Å². The van der Waals surface area contributed by atoms with Gasteiger partial charge in [0.1, 0.15) is 61.0 Å². The van der Waals surface area contributed by atoms with E-state index in [1.54, 1.807) is 0 Å². The lowest BCUT2D eigenvalue weighted by Crippen LogP contribution is -2.68. The molecule has 15 atom stereocenters. The summed E-state index contributed by atoms with van der Waals surface area (Å²) in [5.74, 6) is 0. The fourth-order valence-electron chi connectivity index (χ4n) is 4.14. The molecule has 0 radical (unpaired) electrons. The highest BCUT2D eigenvalue weighted by molar-refractivity contribution is 4.98. The maximum Gasteiger partial charge on any atom is 0.187 e. The van der Waals surface area contributed by atoms with Crippen LogP contribution in [-0.4, -0.2) is 158 Å². The summed E-state index contributed by atoms with van der Waals surface area (Å²) in [4.78, 5) is 0. The molecule has 0 saturated carbocycles. The Labute approximate surface area is 193 Å². The lowest BCUT2D eigenvalue weighted by Gasteiger charge is -2.48. The third kappa shape index (κ3) is 5.37. The molecule has 3 aliphatic rings. The van der Waals surface area contributed by atoms with E-state index in [1.165, 1.54) is 0 Å². The Balaban J connectivity index is 1.72. The molecule has 0 aromatic carbocycles. The van der Waals surface area contributed by atoms with Crippen molar-refractivity contribution in [2.75, 3.05) is 19.8 Å². The van der Waals surface area contributed by atoms with Gasteiger partial charge in [-0.25, -0.2) is 0 Å². The van der Waals surface area contributed by atoms with Crippen LogP contribution < -0.4 is 11.5 Å². The molecule has 3 saturated heterocycles. The van der Waals surface area contributed by atoms with Gasteiger partial charge in [0.25, 0.3) is 0 Å². The maximum atomic E-state index is 10.8. The predicted molar refractivity (Wildman–Crippen MR) is 105 cm³/mol. The first kappa shape index (κ1) is 27.9. The smallest absolute Gasteiger partial charge is 0.187 e. The van der Waals surface area contributed by atoms with Gasteiger partial charge in [-0.3, -0.25) is 0 Å². The van der Waals surface area contributed by atoms with Crippen LogP contribution in [0.4, 0.5) is 0 Å². The first-order valence-corrected chi connectivity index (χ1v) is 10.7. The predicted octanol–water partition coefficient (Wildman–Crippen LogP) is -7.64. The van der Waals surface area contributed by atoms with Crippen molar-refractivity contribution in [3.05, 3.63) is 0 Å². The molecule has 3 rings (SSSR count). The summed E-state index contributed by atoms with van der Waals surface area (Å²) < 4.78 is 27.1. The summed E-state index contributed by atoms with van der Waals surface area (Å²) >= 11 is 0. The normalized spacial score (nSPS) is 52.5. The van der Waals surface area contributed by atoms with Crippen molar-refractivity contribution in [2.24, 2.45) is 11.5 Å². The van der Waals surface area contributed by atoms with Gasteiger partial charge in [-0.15, -0.1) is 0 Å². The number of aliphatic hydroxyl groups is 9. The Morgan fingerprint density at radius 2 is 1.00 bits per heavy atom. The summed E-state index contributed by atoms with van der Waals surface area (Å²) in [7, 11) is 0. The van der Waals surface area contributed by atoms with Crippen LogP contribution in [0.3, 0.4) is 0 Å². The molecular formula is C18H34N2O14. The van der Waals surface area contributed by atoms with Gasteiger partial charge in [0, 0.05) is 0 Å². The van der Waals surface area contributed by atoms with Crippen molar-refractivity contribution in [1.82, 2.24) is 0 Å². The third-order valence-electron chi connectivity index (χ3n) is 6.25. The number of rotatable bonds is 7. The molecule has 0 aromatic rings. The van der Waals surface area contributed by atoms with Crippen LogP contribution in [0.5, 0.6) is 0 Å². The standard InChI is InChI=1S/C18H34N2O14/c19-7-10(25)14(5(2-22)30-16(7)29)33-17-8(20)11(26)15(6(3-23)32-17)34-18-13(28)12(27)9(24)4(1-21)31-18/h4-18,21-29H,1-3,19-20H2/t4-,5-,6-,7-,8-,9+,10-,11-,12+,13-,14-,15-,16?,17+,18+/m1/s1. The number of ether oxygens (including phenoxy) is 5. The van der Waals surface area contributed by atoms with Crippen molar-refractivity contribution < 1.29 is 69.6 Å². The SMILES string of the molecule is N[C@H]1[C@H](O[C@H]2[C@H](O)[C@@H](N)C(O)O[C@@H]2CO)O[C@H](CO)[C@@H](O[C@@H]2O[C@H](CO)[C@H](O)[C@H](O)[C@H]2O)[C@@H]1O. The second-order valence-corrected chi connectivity index (χ2v) is 8.51. The molecule has 0 aromatic heterocycles. The summed E-state index contributed by atoms with van der Waals surface area (Å²) in [5.41, 5.74) is 11.7. The summed E-state index contributed by atoms with van der Waals surface area (Å²) in [6.07, 6.45) is -19.5. The van der Waals surface area contributed by atoms with Gasteiger partial charge < -0.3 is 81.1 Å². The van der Waals surface area contributed by atoms with Gasteiger partial charge in [-0.1, -0.05) is 0 Å². The highest BCUT2D eigenvalue weighted by Gasteiger charge is 2.52. The topological polar surface area (TPSA) is 280 Å². The number of hydrogen-bond acceptors (Lipinski definition) is 16. The lowest BCUT2D eigenvalue weighted by atomic mass is 9.95. The highest BCUT2D eigenvalue weighted by Crippen LogP contribution is 2.31. The average molecular weight is 502 g/mol. The maximum absolute atomic E-state index is 10.8. The molecule has 1 unspecified atom stereocenters. The van der Waals surface area contributed by atoms with Gasteiger partial charge in [0.2, 0.25) is 0 Å². The zero-order valence-corrected chi connectivity index (χ0v) is 18.0. The summed E-state index contributed by atoms with van der Waals surface area (Å²) in [6, 6.07) is -2.65. The van der Waals surface area contributed by atoms with Crippen LogP contribution in [0.2, 0.25) is 0 Å². The van der Waals surface area contributed by atoms with Gasteiger partial charge in [0.15, 0.2) is 18.9 Å². The molecule has 3 heterocycles. The minimum absolute atomic E-state index is 0.664. The van der Waals surface area contributed by atoms with E-state index in [0.717, 1.165) is 0 Å². The number of nitrogens with two attached hydrogens (primary N) is 2. The van der Waals surface area contributed by atoms with E-state index in [1.807, 2.05) is 0 Å². The highest BCUT2D eigenvalue weighted by atomic mass is 16.7. The number of aliphatic hydroxyl groups excluding tert-OH is 9. The zero-order chi connectivity index (χ0) is 25.3. The Morgan fingerprint density at radius 1 is 0.529 bits per heavy atom. The monoisotopic (exact) mass is 502 g/mol. The molecule has 0 spiro atoms. The molecule has 3 aliphatic heterocycles. The average Bonchev–Trinajstić information content (AvgIpc) is 2.83. The van der Waals surface area contributed by atoms with Crippen LogP contribution in [-0.2, 0) is 23.7 Å². The van der Waals surface area contributed by atoms with Crippen LogP contribution in [0.15, 0.2) is 0 Å². The second-order valence-electron chi connectivity index (χ2n) is 8.51. The Kier molecular flexibility index (Phi) is 9.54. The van der Waals surface area contributed by atoms with E-state index in [9.17, 15) is 46.0 Å². The Morgan fingerprint density at radius 3 is 1.56 bits per heavy atom. The van der Waals surface area contributed by atoms with E-state index in [-0.39, 0.29) is 0 Å². The fourth-order valence-corrected chi connectivity index (χ4v) is 4.14. The molecule has 34 heavy (non-hydrogen) atoms. The van der Waals surface area contributed by atoms with Crippen molar-refractivity contribution in [3.8, 4) is 0 Å².